The first-order chi connectivity index (χ1) is 16.2. The fraction of sp³-hybridized carbons (Fsp3) is 0.259. The molecule has 3 heterocycles. The second-order valence-corrected chi connectivity index (χ2v) is 8.41. The lowest BCUT2D eigenvalue weighted by atomic mass is 9.96. The zero-order valence-corrected chi connectivity index (χ0v) is 18.8. The number of amides is 1. The summed E-state index contributed by atoms with van der Waals surface area (Å²) >= 11 is 0. The molecule has 33 heavy (non-hydrogen) atoms. The van der Waals surface area contributed by atoms with Crippen LogP contribution in [0.5, 0.6) is 5.75 Å². The van der Waals surface area contributed by atoms with Gasteiger partial charge in [-0.3, -0.25) is 9.69 Å². The Bertz CT molecular complexity index is 1180. The molecular formula is C27H28N4O2. The minimum Gasteiger partial charge on any atom is -0.480 e. The number of hydrogen-bond donors (Lipinski definition) is 0. The molecular weight excluding hydrogens is 412 g/mol. The van der Waals surface area contributed by atoms with Gasteiger partial charge in [-0.1, -0.05) is 60.7 Å². The number of imidazole rings is 1. The van der Waals surface area contributed by atoms with Crippen molar-refractivity contribution in [1.29, 1.82) is 0 Å². The molecule has 0 unspecified atom stereocenters. The maximum Gasteiger partial charge on any atom is 0.260 e. The highest BCUT2D eigenvalue weighted by Gasteiger charge is 2.28. The van der Waals surface area contributed by atoms with Crippen molar-refractivity contribution in [3.63, 3.8) is 0 Å². The highest BCUT2D eigenvalue weighted by Crippen LogP contribution is 2.29. The second kappa shape index (κ2) is 9.46. The van der Waals surface area contributed by atoms with Crippen LogP contribution in [0.1, 0.15) is 22.9 Å². The van der Waals surface area contributed by atoms with Crippen molar-refractivity contribution < 1.29 is 9.53 Å². The number of carbonyl (C=O) groups is 1. The maximum atomic E-state index is 12.9. The lowest BCUT2D eigenvalue weighted by molar-refractivity contribution is -0.135. The Balaban J connectivity index is 1.23. The van der Waals surface area contributed by atoms with E-state index in [1.807, 2.05) is 52.9 Å². The molecule has 6 heteroatoms. The topological polar surface area (TPSA) is 50.1 Å². The summed E-state index contributed by atoms with van der Waals surface area (Å²) in [6, 6.07) is 25.1. The summed E-state index contributed by atoms with van der Waals surface area (Å²) in [5.41, 5.74) is 4.20. The van der Waals surface area contributed by atoms with Crippen LogP contribution in [0.4, 0.5) is 0 Å². The van der Waals surface area contributed by atoms with E-state index in [2.05, 4.69) is 58.4 Å². The Kier molecular flexibility index (Phi) is 6.09. The number of fused-ring (bicyclic) bond motifs is 1. The van der Waals surface area contributed by atoms with Gasteiger partial charge in [0.05, 0.1) is 11.7 Å². The first-order valence-corrected chi connectivity index (χ1v) is 11.4. The van der Waals surface area contributed by atoms with E-state index in [4.69, 9.17) is 4.74 Å². The first-order valence-electron chi connectivity index (χ1n) is 11.4. The quantitative estimate of drug-likeness (QED) is 0.456. The van der Waals surface area contributed by atoms with Crippen molar-refractivity contribution in [2.45, 2.75) is 13.0 Å². The average molecular weight is 441 g/mol. The van der Waals surface area contributed by atoms with Crippen molar-refractivity contribution in [2.75, 3.05) is 32.8 Å². The van der Waals surface area contributed by atoms with Crippen molar-refractivity contribution in [3.8, 4) is 5.75 Å². The molecule has 1 saturated heterocycles. The van der Waals surface area contributed by atoms with Crippen LogP contribution >= 0.6 is 0 Å². The maximum absolute atomic E-state index is 12.9. The third kappa shape index (κ3) is 4.61. The van der Waals surface area contributed by atoms with E-state index in [1.54, 1.807) is 0 Å². The van der Waals surface area contributed by atoms with Crippen molar-refractivity contribution in [1.82, 2.24) is 19.2 Å². The van der Waals surface area contributed by atoms with Gasteiger partial charge in [-0.2, -0.15) is 0 Å². The molecule has 1 fully saturated rings. The van der Waals surface area contributed by atoms with E-state index >= 15 is 0 Å². The van der Waals surface area contributed by atoms with E-state index in [1.165, 1.54) is 11.1 Å². The Hall–Kier alpha value is -3.64. The van der Waals surface area contributed by atoms with E-state index < -0.39 is 0 Å². The summed E-state index contributed by atoms with van der Waals surface area (Å²) in [5, 5.41) is 0. The molecule has 168 valence electrons. The third-order valence-electron chi connectivity index (χ3n) is 6.18. The summed E-state index contributed by atoms with van der Waals surface area (Å²) < 4.78 is 7.79. The van der Waals surface area contributed by atoms with Gasteiger partial charge in [0.15, 0.2) is 18.0 Å². The van der Waals surface area contributed by atoms with Crippen molar-refractivity contribution in [2.24, 2.45) is 0 Å². The number of hydrogen-bond acceptors (Lipinski definition) is 4. The second-order valence-electron chi connectivity index (χ2n) is 8.41. The SMILES string of the molecule is Cc1cn2cccc(OCC(=O)N3CCN(C(c4ccccc4)c4ccccc4)CC3)c2n1. The number of aryl methyl sites for hydroxylation is 1. The minimum atomic E-state index is 0.0101. The number of nitrogens with zero attached hydrogens (tertiary/aromatic N) is 4. The summed E-state index contributed by atoms with van der Waals surface area (Å²) in [7, 11) is 0. The van der Waals surface area contributed by atoms with Gasteiger partial charge in [0.25, 0.3) is 5.91 Å². The molecule has 0 atom stereocenters. The van der Waals surface area contributed by atoms with Gasteiger partial charge in [-0.15, -0.1) is 0 Å². The molecule has 0 bridgehead atoms. The molecule has 2 aromatic carbocycles. The highest BCUT2D eigenvalue weighted by atomic mass is 16.5. The zero-order valence-electron chi connectivity index (χ0n) is 18.8. The van der Waals surface area contributed by atoms with Gasteiger partial charge in [-0.05, 0) is 30.2 Å². The summed E-state index contributed by atoms with van der Waals surface area (Å²) in [6.07, 6.45) is 3.87. The first kappa shape index (κ1) is 21.2. The fourth-order valence-electron chi connectivity index (χ4n) is 4.57. The van der Waals surface area contributed by atoms with Crippen LogP contribution in [0.25, 0.3) is 5.65 Å². The predicted octanol–water partition coefficient (Wildman–Crippen LogP) is 3.96. The van der Waals surface area contributed by atoms with Crippen molar-refractivity contribution >= 4 is 11.6 Å². The average Bonchev–Trinajstić information content (AvgIpc) is 3.25. The van der Waals surface area contributed by atoms with Crippen molar-refractivity contribution in [3.05, 3.63) is 102 Å². The summed E-state index contributed by atoms with van der Waals surface area (Å²) in [6.45, 7) is 4.96. The highest BCUT2D eigenvalue weighted by molar-refractivity contribution is 5.78. The Morgan fingerprint density at radius 3 is 2.18 bits per heavy atom. The van der Waals surface area contributed by atoms with Crippen LogP contribution in [-0.2, 0) is 4.79 Å². The Morgan fingerprint density at radius 2 is 1.55 bits per heavy atom. The molecule has 6 nitrogen and oxygen atoms in total. The van der Waals surface area contributed by atoms with E-state index in [0.717, 1.165) is 24.4 Å². The molecule has 1 amide bonds. The van der Waals surface area contributed by atoms with Crippen LogP contribution in [-0.4, -0.2) is 57.9 Å². The van der Waals surface area contributed by atoms with Gasteiger partial charge >= 0.3 is 0 Å². The van der Waals surface area contributed by atoms with Crippen LogP contribution < -0.4 is 4.74 Å². The summed E-state index contributed by atoms with van der Waals surface area (Å²) in [5.74, 6) is 0.640. The molecule has 4 aromatic rings. The molecule has 0 saturated carbocycles. The normalized spacial score (nSPS) is 14.7. The lowest BCUT2D eigenvalue weighted by Gasteiger charge is -2.39. The van der Waals surface area contributed by atoms with E-state index in [9.17, 15) is 4.79 Å². The molecule has 1 aliphatic rings. The lowest BCUT2D eigenvalue weighted by Crippen LogP contribution is -2.51. The van der Waals surface area contributed by atoms with Gasteiger partial charge in [-0.25, -0.2) is 4.98 Å². The molecule has 1 aliphatic heterocycles. The standard InChI is InChI=1S/C27H28N4O2/c1-21-19-31-14-8-13-24(27(31)28-21)33-20-25(32)29-15-17-30(18-16-29)26(22-9-4-2-5-10-22)23-11-6-3-7-12-23/h2-14,19,26H,15-18,20H2,1H3. The number of rotatable bonds is 6. The minimum absolute atomic E-state index is 0.0101. The van der Waals surface area contributed by atoms with Crippen LogP contribution in [0, 0.1) is 6.92 Å². The van der Waals surface area contributed by atoms with E-state index in [0.29, 0.717) is 18.8 Å². The predicted molar refractivity (Wildman–Crippen MR) is 128 cm³/mol. The fourth-order valence-corrected chi connectivity index (χ4v) is 4.57. The molecule has 0 spiro atoms. The third-order valence-corrected chi connectivity index (χ3v) is 6.18. The monoisotopic (exact) mass is 440 g/mol. The number of benzene rings is 2. The van der Waals surface area contributed by atoms with E-state index in [-0.39, 0.29) is 18.6 Å². The number of aromatic nitrogens is 2. The molecule has 2 aromatic heterocycles. The summed E-state index contributed by atoms with van der Waals surface area (Å²) in [4.78, 5) is 21.7. The van der Waals surface area contributed by atoms with Crippen LogP contribution in [0.3, 0.4) is 0 Å². The van der Waals surface area contributed by atoms with Gasteiger partial charge in [0.2, 0.25) is 0 Å². The van der Waals surface area contributed by atoms with Gasteiger partial charge < -0.3 is 14.0 Å². The van der Waals surface area contributed by atoms with Gasteiger partial charge in [0.1, 0.15) is 0 Å². The van der Waals surface area contributed by atoms with Crippen LogP contribution in [0.2, 0.25) is 0 Å². The van der Waals surface area contributed by atoms with Gasteiger partial charge in [0, 0.05) is 38.6 Å². The largest absolute Gasteiger partial charge is 0.480 e. The molecule has 0 radical (unpaired) electrons. The number of carbonyl (C=O) groups excluding carboxylic acids is 1. The number of ether oxygens (including phenoxy) is 1. The zero-order chi connectivity index (χ0) is 22.6. The smallest absolute Gasteiger partial charge is 0.260 e. The molecule has 0 aliphatic carbocycles. The molecule has 0 N–H and O–H groups in total. The molecule has 5 rings (SSSR count). The van der Waals surface area contributed by atoms with Crippen LogP contribution in [0.15, 0.2) is 85.2 Å². The Labute approximate surface area is 194 Å². The number of pyridine rings is 1. The number of piperazine rings is 1. The Morgan fingerprint density at radius 1 is 0.909 bits per heavy atom.